The molecule has 0 amide bonds. The summed E-state index contributed by atoms with van der Waals surface area (Å²) < 4.78 is 37.4. The number of rotatable bonds is 1. The maximum Gasteiger partial charge on any atom is 0.416 e. The van der Waals surface area contributed by atoms with E-state index < -0.39 is 11.7 Å². The summed E-state index contributed by atoms with van der Waals surface area (Å²) in [7, 11) is 0. The number of halogens is 3. The molecule has 0 nitrogen and oxygen atoms in total. The van der Waals surface area contributed by atoms with Gasteiger partial charge in [0.1, 0.15) is 0 Å². The fourth-order valence-corrected chi connectivity index (χ4v) is 1.34. The summed E-state index contributed by atoms with van der Waals surface area (Å²) in [5.41, 5.74) is 0.0518. The van der Waals surface area contributed by atoms with Crippen LogP contribution >= 0.6 is 0 Å². The molecule has 1 rings (SSSR count). The van der Waals surface area contributed by atoms with E-state index in [1.165, 1.54) is 6.07 Å². The van der Waals surface area contributed by atoms with Crippen molar-refractivity contribution >= 4 is 5.57 Å². The highest BCUT2D eigenvalue weighted by atomic mass is 19.4. The summed E-state index contributed by atoms with van der Waals surface area (Å²) in [6.45, 7) is 8.98. The number of alkyl halides is 3. The molecule has 0 aliphatic heterocycles. The van der Waals surface area contributed by atoms with Crippen LogP contribution in [-0.4, -0.2) is 6.18 Å². The van der Waals surface area contributed by atoms with E-state index in [1.54, 1.807) is 12.1 Å². The molecule has 0 aliphatic carbocycles. The topological polar surface area (TPSA) is 0 Å². The summed E-state index contributed by atoms with van der Waals surface area (Å²) in [6.07, 6.45) is -4.36. The maximum atomic E-state index is 12.5. The second-order valence-electron chi connectivity index (χ2n) is 4.81. The van der Waals surface area contributed by atoms with Gasteiger partial charge < -0.3 is 0 Å². The summed E-state index contributed by atoms with van der Waals surface area (Å²) >= 11 is 0. The molecule has 0 N–H and O–H groups in total. The Morgan fingerprint density at radius 3 is 2.12 bits per heavy atom. The molecule has 0 saturated heterocycles. The molecular weight excluding hydrogens is 213 g/mol. The molecule has 1 aromatic carbocycles. The molecule has 3 heteroatoms. The van der Waals surface area contributed by atoms with E-state index in [0.29, 0.717) is 0 Å². The first-order valence-electron chi connectivity index (χ1n) is 4.99. The molecule has 0 atom stereocenters. The van der Waals surface area contributed by atoms with Gasteiger partial charge in [-0.15, -0.1) is 0 Å². The molecule has 0 spiro atoms. The van der Waals surface area contributed by atoms with Gasteiger partial charge in [-0.05, 0) is 16.5 Å². The zero-order chi connectivity index (χ0) is 12.6. The van der Waals surface area contributed by atoms with Crippen molar-refractivity contribution in [3.8, 4) is 0 Å². The minimum Gasteiger partial charge on any atom is -0.166 e. The summed E-state index contributed by atoms with van der Waals surface area (Å²) in [4.78, 5) is 0. The molecule has 0 aliphatic rings. The Balaban J connectivity index is 3.14. The van der Waals surface area contributed by atoms with Gasteiger partial charge in [-0.25, -0.2) is 0 Å². The normalized spacial score (nSPS) is 12.6. The number of hydrogen-bond donors (Lipinski definition) is 0. The van der Waals surface area contributed by atoms with Crippen LogP contribution in [-0.2, 0) is 5.41 Å². The lowest BCUT2D eigenvalue weighted by Crippen LogP contribution is -2.13. The minimum atomic E-state index is -4.36. The third-order valence-electron chi connectivity index (χ3n) is 2.42. The third kappa shape index (κ3) is 2.87. The summed E-state index contributed by atoms with van der Waals surface area (Å²) in [5.74, 6) is 0. The smallest absolute Gasteiger partial charge is 0.166 e. The number of hydrogen-bond acceptors (Lipinski definition) is 0. The third-order valence-corrected chi connectivity index (χ3v) is 2.42. The van der Waals surface area contributed by atoms with Crippen molar-refractivity contribution in [2.45, 2.75) is 32.4 Å². The lowest BCUT2D eigenvalue weighted by atomic mass is 9.85. The molecule has 0 heterocycles. The predicted octanol–water partition coefficient (Wildman–Crippen LogP) is 4.56. The van der Waals surface area contributed by atoms with Crippen molar-refractivity contribution < 1.29 is 13.2 Å². The highest BCUT2D eigenvalue weighted by molar-refractivity contribution is 5.68. The Morgan fingerprint density at radius 1 is 1.12 bits per heavy atom. The van der Waals surface area contributed by atoms with Crippen LogP contribution in [0.3, 0.4) is 0 Å². The standard InChI is InChI=1S/C13H15F3/c1-9(13(14,15)16)10-6-5-7-11(8-10)12(2,3)4/h5-8H,1H2,2-4H3. The van der Waals surface area contributed by atoms with Gasteiger partial charge in [0.2, 0.25) is 0 Å². The van der Waals surface area contributed by atoms with Gasteiger partial charge >= 0.3 is 6.18 Å². The highest BCUT2D eigenvalue weighted by Crippen LogP contribution is 2.34. The van der Waals surface area contributed by atoms with Crippen LogP contribution in [0.1, 0.15) is 31.9 Å². The first-order valence-corrected chi connectivity index (χ1v) is 4.99. The summed E-state index contributed by atoms with van der Waals surface area (Å²) in [6, 6.07) is 6.45. The van der Waals surface area contributed by atoms with Crippen LogP contribution in [0.25, 0.3) is 5.57 Å². The Morgan fingerprint density at radius 2 is 1.69 bits per heavy atom. The van der Waals surface area contributed by atoms with E-state index in [4.69, 9.17) is 0 Å². The van der Waals surface area contributed by atoms with Gasteiger partial charge in [-0.2, -0.15) is 13.2 Å². The van der Waals surface area contributed by atoms with Crippen LogP contribution in [0.2, 0.25) is 0 Å². The molecule has 0 bridgehead atoms. The van der Waals surface area contributed by atoms with Crippen LogP contribution < -0.4 is 0 Å². The Hall–Kier alpha value is -1.25. The Labute approximate surface area is 93.8 Å². The molecule has 16 heavy (non-hydrogen) atoms. The SMILES string of the molecule is C=C(c1cccc(C(C)(C)C)c1)C(F)(F)F. The van der Waals surface area contributed by atoms with Gasteiger partial charge in [0.25, 0.3) is 0 Å². The van der Waals surface area contributed by atoms with Crippen LogP contribution in [0.4, 0.5) is 13.2 Å². The van der Waals surface area contributed by atoms with Crippen molar-refractivity contribution in [2.24, 2.45) is 0 Å². The minimum absolute atomic E-state index is 0.139. The molecule has 88 valence electrons. The predicted molar refractivity (Wildman–Crippen MR) is 60.2 cm³/mol. The molecule has 0 aromatic heterocycles. The molecule has 0 fully saturated rings. The van der Waals surface area contributed by atoms with Crippen molar-refractivity contribution in [3.05, 3.63) is 42.0 Å². The average Bonchev–Trinajstić information content (AvgIpc) is 2.14. The average molecular weight is 228 g/mol. The zero-order valence-corrected chi connectivity index (χ0v) is 9.65. The van der Waals surface area contributed by atoms with Gasteiger partial charge in [0, 0.05) is 0 Å². The van der Waals surface area contributed by atoms with Crippen molar-refractivity contribution in [3.63, 3.8) is 0 Å². The van der Waals surface area contributed by atoms with Gasteiger partial charge in [0.15, 0.2) is 0 Å². The van der Waals surface area contributed by atoms with Gasteiger partial charge in [0.05, 0.1) is 5.57 Å². The van der Waals surface area contributed by atoms with E-state index in [1.807, 2.05) is 26.8 Å². The lowest BCUT2D eigenvalue weighted by molar-refractivity contribution is -0.0686. The van der Waals surface area contributed by atoms with Gasteiger partial charge in [-0.1, -0.05) is 51.6 Å². The van der Waals surface area contributed by atoms with E-state index in [-0.39, 0.29) is 11.0 Å². The molecular formula is C13H15F3. The van der Waals surface area contributed by atoms with Crippen LogP contribution in [0.15, 0.2) is 30.8 Å². The number of allylic oxidation sites excluding steroid dienone is 1. The molecule has 1 aromatic rings. The van der Waals surface area contributed by atoms with Crippen LogP contribution in [0, 0.1) is 0 Å². The zero-order valence-electron chi connectivity index (χ0n) is 9.65. The Bertz CT molecular complexity index is 394. The van der Waals surface area contributed by atoms with Crippen molar-refractivity contribution in [2.75, 3.05) is 0 Å². The maximum absolute atomic E-state index is 12.5. The van der Waals surface area contributed by atoms with Crippen molar-refractivity contribution in [1.29, 1.82) is 0 Å². The van der Waals surface area contributed by atoms with Crippen molar-refractivity contribution in [1.82, 2.24) is 0 Å². The van der Waals surface area contributed by atoms with E-state index >= 15 is 0 Å². The van der Waals surface area contributed by atoms with E-state index in [2.05, 4.69) is 6.58 Å². The van der Waals surface area contributed by atoms with E-state index in [0.717, 1.165) is 5.56 Å². The molecule has 0 saturated carbocycles. The summed E-state index contributed by atoms with van der Waals surface area (Å²) in [5, 5.41) is 0. The lowest BCUT2D eigenvalue weighted by Gasteiger charge is -2.20. The quantitative estimate of drug-likeness (QED) is 0.661. The van der Waals surface area contributed by atoms with E-state index in [9.17, 15) is 13.2 Å². The molecule has 0 radical (unpaired) electrons. The first-order chi connectivity index (χ1) is 7.12. The largest absolute Gasteiger partial charge is 0.416 e. The van der Waals surface area contributed by atoms with Gasteiger partial charge in [-0.3, -0.25) is 0 Å². The van der Waals surface area contributed by atoms with Crippen LogP contribution in [0.5, 0.6) is 0 Å². The fraction of sp³-hybridized carbons (Fsp3) is 0.385. The molecule has 0 unspecified atom stereocenters. The highest BCUT2D eigenvalue weighted by Gasteiger charge is 2.33. The number of benzene rings is 1. The first kappa shape index (κ1) is 12.8. The fourth-order valence-electron chi connectivity index (χ4n) is 1.34. The second-order valence-corrected chi connectivity index (χ2v) is 4.81. The Kier molecular flexibility index (Phi) is 3.17. The monoisotopic (exact) mass is 228 g/mol. The second kappa shape index (κ2) is 3.96.